The van der Waals surface area contributed by atoms with Crippen LogP contribution in [-0.4, -0.2) is 28.8 Å². The van der Waals surface area contributed by atoms with Crippen LogP contribution in [0.2, 0.25) is 0 Å². The molecular weight excluding hydrogens is 386 g/mol. The van der Waals surface area contributed by atoms with Gasteiger partial charge in [0.2, 0.25) is 0 Å². The van der Waals surface area contributed by atoms with Crippen LogP contribution in [0.25, 0.3) is 5.57 Å². The number of hydrogen-bond donors (Lipinski definition) is 0. The average Bonchev–Trinajstić information content (AvgIpc) is 3.37. The highest BCUT2D eigenvalue weighted by Gasteiger charge is 2.29. The number of aryl methyl sites for hydroxylation is 1. The molecule has 5 rings (SSSR count). The van der Waals surface area contributed by atoms with Crippen LogP contribution in [0.1, 0.15) is 65.3 Å². The van der Waals surface area contributed by atoms with Crippen LogP contribution >= 0.6 is 22.7 Å². The molecule has 3 heterocycles. The number of Topliss-reactive ketones (excluding diaryl/α,β-unsaturated/α-hetero) is 1. The zero-order valence-corrected chi connectivity index (χ0v) is 17.7. The van der Waals surface area contributed by atoms with E-state index in [4.69, 9.17) is 4.98 Å². The first-order valence-electron chi connectivity index (χ1n) is 10.3. The molecule has 3 aliphatic rings. The molecule has 0 N–H and O–H groups in total. The number of aromatic nitrogens is 2. The fraction of sp³-hybridized carbons (Fsp3) is 0.500. The van der Waals surface area contributed by atoms with E-state index in [1.54, 1.807) is 28.2 Å². The van der Waals surface area contributed by atoms with Gasteiger partial charge in [-0.2, -0.15) is 0 Å². The molecule has 0 radical (unpaired) electrons. The summed E-state index contributed by atoms with van der Waals surface area (Å²) < 4.78 is 0. The van der Waals surface area contributed by atoms with E-state index >= 15 is 0 Å². The third-order valence-electron chi connectivity index (χ3n) is 6.10. The smallest absolute Gasteiger partial charge is 0.191 e. The Balaban J connectivity index is 1.40. The molecule has 1 atom stereocenters. The quantitative estimate of drug-likeness (QED) is 0.490. The standard InChI is InChI=1S/C22H25N3OS2/c26-19(13-15-5-2-1-3-6-15)21-24-18-8-4-7-16-9-11-25(22-23-10-12-27-22)14-17(16)20(18)28-21/h1-2,10,12,15H,3-9,11,13-14H2. The molecule has 4 nitrogen and oxygen atoms in total. The number of ketones is 1. The Kier molecular flexibility index (Phi) is 5.16. The van der Waals surface area contributed by atoms with Gasteiger partial charge in [0.05, 0.1) is 10.6 Å². The highest BCUT2D eigenvalue weighted by Crippen LogP contribution is 2.40. The lowest BCUT2D eigenvalue weighted by Gasteiger charge is -2.30. The number of carbonyl (C=O) groups is 1. The summed E-state index contributed by atoms with van der Waals surface area (Å²) in [4.78, 5) is 25.9. The minimum absolute atomic E-state index is 0.244. The highest BCUT2D eigenvalue weighted by molar-refractivity contribution is 7.15. The summed E-state index contributed by atoms with van der Waals surface area (Å²) in [5.74, 6) is 0.735. The second-order valence-corrected chi connectivity index (χ2v) is 9.87. The number of hydrogen-bond acceptors (Lipinski definition) is 6. The first kappa shape index (κ1) is 18.3. The Bertz CT molecular complexity index is 926. The third kappa shape index (κ3) is 3.60. The van der Waals surface area contributed by atoms with E-state index in [0.717, 1.165) is 67.4 Å². The molecule has 2 aromatic rings. The van der Waals surface area contributed by atoms with Gasteiger partial charge in [-0.25, -0.2) is 9.97 Å². The van der Waals surface area contributed by atoms with Crippen molar-refractivity contribution in [1.82, 2.24) is 9.97 Å². The van der Waals surface area contributed by atoms with Gasteiger partial charge < -0.3 is 4.90 Å². The zero-order chi connectivity index (χ0) is 18.9. The number of allylic oxidation sites excluding steroid dienone is 2. The molecule has 0 spiro atoms. The van der Waals surface area contributed by atoms with Crippen molar-refractivity contribution >= 4 is 39.2 Å². The minimum atomic E-state index is 0.244. The molecule has 6 heteroatoms. The van der Waals surface area contributed by atoms with E-state index in [-0.39, 0.29) is 5.78 Å². The summed E-state index contributed by atoms with van der Waals surface area (Å²) in [5, 5.41) is 3.88. The third-order valence-corrected chi connectivity index (χ3v) is 8.13. The lowest BCUT2D eigenvalue weighted by molar-refractivity contribution is 0.0958. The summed E-state index contributed by atoms with van der Waals surface area (Å²) in [6.45, 7) is 1.94. The van der Waals surface area contributed by atoms with Crippen LogP contribution in [0.15, 0.2) is 29.3 Å². The maximum Gasteiger partial charge on any atom is 0.191 e. The molecule has 0 aromatic carbocycles. The van der Waals surface area contributed by atoms with Gasteiger partial charge in [0.25, 0.3) is 0 Å². The van der Waals surface area contributed by atoms with E-state index in [2.05, 4.69) is 22.0 Å². The zero-order valence-electron chi connectivity index (χ0n) is 16.0. The maximum atomic E-state index is 12.9. The first-order valence-corrected chi connectivity index (χ1v) is 12.0. The van der Waals surface area contributed by atoms with Crippen molar-refractivity contribution in [1.29, 1.82) is 0 Å². The highest BCUT2D eigenvalue weighted by atomic mass is 32.1. The Morgan fingerprint density at radius 2 is 2.21 bits per heavy atom. The van der Waals surface area contributed by atoms with E-state index in [1.165, 1.54) is 16.9 Å². The molecule has 146 valence electrons. The van der Waals surface area contributed by atoms with Crippen molar-refractivity contribution in [3.8, 4) is 0 Å². The summed E-state index contributed by atoms with van der Waals surface area (Å²) in [6.07, 6.45) is 14.7. The number of thiazole rings is 2. The predicted octanol–water partition coefficient (Wildman–Crippen LogP) is 5.53. The van der Waals surface area contributed by atoms with Crippen LogP contribution in [0.3, 0.4) is 0 Å². The van der Waals surface area contributed by atoms with Crippen molar-refractivity contribution in [2.24, 2.45) is 5.92 Å². The van der Waals surface area contributed by atoms with Crippen LogP contribution in [-0.2, 0) is 6.42 Å². The number of nitrogens with zero attached hydrogens (tertiary/aromatic N) is 3. The van der Waals surface area contributed by atoms with E-state index in [0.29, 0.717) is 12.3 Å². The van der Waals surface area contributed by atoms with Crippen molar-refractivity contribution in [3.05, 3.63) is 44.9 Å². The van der Waals surface area contributed by atoms with E-state index < -0.39 is 0 Å². The van der Waals surface area contributed by atoms with E-state index in [1.807, 2.05) is 11.6 Å². The number of rotatable bonds is 4. The number of anilines is 1. The van der Waals surface area contributed by atoms with Crippen molar-refractivity contribution in [3.63, 3.8) is 0 Å². The summed E-state index contributed by atoms with van der Waals surface area (Å²) >= 11 is 3.36. The van der Waals surface area contributed by atoms with Gasteiger partial charge in [-0.3, -0.25) is 4.79 Å². The second kappa shape index (κ2) is 7.91. The second-order valence-electron chi connectivity index (χ2n) is 7.99. The molecular formula is C22H25N3OS2. The SMILES string of the molecule is O=C(CC1CC=CCC1)c1nc2c(s1)C1=C(CCC2)CCN(c2nccs2)C1. The van der Waals surface area contributed by atoms with Crippen molar-refractivity contribution < 1.29 is 4.79 Å². The Morgan fingerprint density at radius 3 is 3.04 bits per heavy atom. The number of carbonyl (C=O) groups excluding carboxylic acids is 1. The summed E-state index contributed by atoms with van der Waals surface area (Å²) in [6, 6.07) is 0. The monoisotopic (exact) mass is 411 g/mol. The fourth-order valence-electron chi connectivity index (χ4n) is 4.58. The van der Waals surface area contributed by atoms with Gasteiger partial charge >= 0.3 is 0 Å². The molecule has 1 aliphatic heterocycles. The van der Waals surface area contributed by atoms with Gasteiger partial charge in [0, 0.05) is 31.1 Å². The Labute approximate surface area is 174 Å². The maximum absolute atomic E-state index is 12.9. The van der Waals surface area contributed by atoms with Gasteiger partial charge in [0.15, 0.2) is 15.9 Å². The molecule has 0 bridgehead atoms. The molecule has 0 fully saturated rings. The largest absolute Gasteiger partial charge is 0.343 e. The van der Waals surface area contributed by atoms with Gasteiger partial charge in [0.1, 0.15) is 0 Å². The Hall–Kier alpha value is -1.79. The normalized spacial score (nSPS) is 22.0. The van der Waals surface area contributed by atoms with Gasteiger partial charge in [-0.05, 0) is 56.4 Å². The molecule has 2 aliphatic carbocycles. The Morgan fingerprint density at radius 1 is 1.25 bits per heavy atom. The van der Waals surface area contributed by atoms with Gasteiger partial charge in [-0.1, -0.05) is 17.7 Å². The molecule has 0 saturated carbocycles. The molecule has 28 heavy (non-hydrogen) atoms. The lowest BCUT2D eigenvalue weighted by atomic mass is 9.90. The average molecular weight is 412 g/mol. The van der Waals surface area contributed by atoms with Crippen LogP contribution in [0, 0.1) is 5.92 Å². The molecule has 1 unspecified atom stereocenters. The molecule has 2 aromatic heterocycles. The summed E-state index contributed by atoms with van der Waals surface area (Å²) in [7, 11) is 0. The topological polar surface area (TPSA) is 46.1 Å². The minimum Gasteiger partial charge on any atom is -0.343 e. The fourth-order valence-corrected chi connectivity index (χ4v) is 6.40. The van der Waals surface area contributed by atoms with Gasteiger partial charge in [-0.15, -0.1) is 22.7 Å². The molecule has 0 amide bonds. The first-order chi connectivity index (χ1) is 13.8. The van der Waals surface area contributed by atoms with Crippen LogP contribution in [0.4, 0.5) is 5.13 Å². The van der Waals surface area contributed by atoms with Crippen LogP contribution < -0.4 is 4.90 Å². The van der Waals surface area contributed by atoms with E-state index in [9.17, 15) is 4.79 Å². The number of fused-ring (bicyclic) bond motifs is 2. The lowest BCUT2D eigenvalue weighted by Crippen LogP contribution is -2.30. The molecule has 0 saturated heterocycles. The van der Waals surface area contributed by atoms with Crippen molar-refractivity contribution in [2.45, 2.75) is 51.4 Å². The van der Waals surface area contributed by atoms with Crippen molar-refractivity contribution in [2.75, 3.05) is 18.0 Å². The predicted molar refractivity (Wildman–Crippen MR) is 116 cm³/mol. The van der Waals surface area contributed by atoms with Crippen LogP contribution in [0.5, 0.6) is 0 Å². The summed E-state index contributed by atoms with van der Waals surface area (Å²) in [5.41, 5.74) is 4.15.